The second-order valence-corrected chi connectivity index (χ2v) is 6.63. The van der Waals surface area contributed by atoms with E-state index in [9.17, 15) is 0 Å². The molecule has 0 amide bonds. The molecule has 0 spiro atoms. The zero-order valence-corrected chi connectivity index (χ0v) is 12.3. The second-order valence-electron chi connectivity index (χ2n) is 5.68. The zero-order chi connectivity index (χ0) is 13.3. The van der Waals surface area contributed by atoms with E-state index < -0.39 is 0 Å². The lowest BCUT2D eigenvalue weighted by molar-refractivity contribution is 0.197. The fraction of sp³-hybridized carbons (Fsp3) is 0.467. The Bertz CT molecular complexity index is 558. The minimum Gasteiger partial charge on any atom is -0.305 e. The van der Waals surface area contributed by atoms with E-state index in [4.69, 9.17) is 0 Å². The first-order valence-corrected chi connectivity index (χ1v) is 7.74. The summed E-state index contributed by atoms with van der Waals surface area (Å²) in [6.45, 7) is 2.37. The molecule has 100 valence electrons. The molecule has 4 heteroatoms. The summed E-state index contributed by atoms with van der Waals surface area (Å²) in [6.07, 6.45) is 4.08. The molecule has 3 nitrogen and oxygen atoms in total. The molecule has 1 heterocycles. The van der Waals surface area contributed by atoms with E-state index in [-0.39, 0.29) is 0 Å². The van der Waals surface area contributed by atoms with E-state index in [0.717, 1.165) is 22.3 Å². The molecule has 1 aromatic heterocycles. The summed E-state index contributed by atoms with van der Waals surface area (Å²) in [7, 11) is 2.05. The van der Waals surface area contributed by atoms with Gasteiger partial charge in [-0.05, 0) is 18.3 Å². The Morgan fingerprint density at radius 1 is 1.21 bits per heavy atom. The van der Waals surface area contributed by atoms with Crippen molar-refractivity contribution in [1.29, 1.82) is 0 Å². The molecule has 0 N–H and O–H groups in total. The van der Waals surface area contributed by atoms with Crippen LogP contribution in [0.15, 0.2) is 35.5 Å². The molecular formula is C15H19N3S. The second kappa shape index (κ2) is 5.00. The summed E-state index contributed by atoms with van der Waals surface area (Å²) < 4.78 is 2.10. The third kappa shape index (κ3) is 2.54. The van der Waals surface area contributed by atoms with E-state index in [0.29, 0.717) is 5.41 Å². The van der Waals surface area contributed by atoms with Crippen LogP contribution < -0.4 is 0 Å². The van der Waals surface area contributed by atoms with Crippen molar-refractivity contribution in [2.24, 2.45) is 12.5 Å². The average Bonchev–Trinajstić information content (AvgIpc) is 2.77. The van der Waals surface area contributed by atoms with Gasteiger partial charge in [0.25, 0.3) is 0 Å². The molecule has 3 rings (SSSR count). The normalized spacial score (nSPS) is 17.2. The quantitative estimate of drug-likeness (QED) is 0.795. The molecule has 1 aliphatic carbocycles. The molecule has 0 aliphatic heterocycles. The van der Waals surface area contributed by atoms with Gasteiger partial charge in [-0.15, -0.1) is 10.2 Å². The van der Waals surface area contributed by atoms with Gasteiger partial charge in [-0.1, -0.05) is 55.4 Å². The lowest BCUT2D eigenvalue weighted by Gasteiger charge is -2.37. The van der Waals surface area contributed by atoms with Crippen molar-refractivity contribution < 1.29 is 0 Å². The van der Waals surface area contributed by atoms with Crippen molar-refractivity contribution in [1.82, 2.24) is 14.8 Å². The van der Waals surface area contributed by atoms with Gasteiger partial charge >= 0.3 is 0 Å². The standard InChI is InChI=1S/C15H19N3S/c1-15(9-6-10-15)11-19-14-17-16-13(18(14)2)12-7-4-3-5-8-12/h3-5,7-8H,6,9-11H2,1-2H3. The van der Waals surface area contributed by atoms with E-state index >= 15 is 0 Å². The van der Waals surface area contributed by atoms with Crippen molar-refractivity contribution in [2.45, 2.75) is 31.3 Å². The minimum absolute atomic E-state index is 0.517. The van der Waals surface area contributed by atoms with Crippen LogP contribution in [-0.4, -0.2) is 20.5 Å². The lowest BCUT2D eigenvalue weighted by atomic mass is 9.72. The maximum Gasteiger partial charge on any atom is 0.191 e. The van der Waals surface area contributed by atoms with Gasteiger partial charge in [0.15, 0.2) is 11.0 Å². The van der Waals surface area contributed by atoms with E-state index in [1.807, 2.05) is 37.0 Å². The Balaban J connectivity index is 1.75. The summed E-state index contributed by atoms with van der Waals surface area (Å²) in [5.74, 6) is 2.09. The molecule has 0 bridgehead atoms. The predicted molar refractivity (Wildman–Crippen MR) is 79.1 cm³/mol. The number of benzene rings is 1. The van der Waals surface area contributed by atoms with Crippen molar-refractivity contribution in [2.75, 3.05) is 5.75 Å². The highest BCUT2D eigenvalue weighted by Gasteiger charge is 2.32. The average molecular weight is 273 g/mol. The number of hydrogen-bond donors (Lipinski definition) is 0. The zero-order valence-electron chi connectivity index (χ0n) is 11.5. The first-order valence-electron chi connectivity index (χ1n) is 6.76. The molecule has 0 saturated heterocycles. The maximum atomic E-state index is 4.33. The van der Waals surface area contributed by atoms with E-state index in [1.54, 1.807) is 0 Å². The van der Waals surface area contributed by atoms with Gasteiger partial charge in [0.1, 0.15) is 0 Å². The Kier molecular flexibility index (Phi) is 3.35. The Labute approximate surface area is 118 Å². The molecule has 1 saturated carbocycles. The highest BCUT2D eigenvalue weighted by Crippen LogP contribution is 2.43. The van der Waals surface area contributed by atoms with Crippen LogP contribution in [0, 0.1) is 5.41 Å². The van der Waals surface area contributed by atoms with Crippen molar-refractivity contribution in [3.8, 4) is 11.4 Å². The summed E-state index contributed by atoms with van der Waals surface area (Å²) in [6, 6.07) is 10.2. The van der Waals surface area contributed by atoms with Gasteiger partial charge in [-0.3, -0.25) is 0 Å². The van der Waals surface area contributed by atoms with Crippen molar-refractivity contribution >= 4 is 11.8 Å². The van der Waals surface area contributed by atoms with Gasteiger partial charge in [-0.2, -0.15) is 0 Å². The molecular weight excluding hydrogens is 254 g/mol. The SMILES string of the molecule is Cn1c(SCC2(C)CCC2)nnc1-c1ccccc1. The van der Waals surface area contributed by atoms with Crippen LogP contribution in [0.3, 0.4) is 0 Å². The predicted octanol–water partition coefficient (Wildman–Crippen LogP) is 3.76. The van der Waals surface area contributed by atoms with Crippen LogP contribution in [0.5, 0.6) is 0 Å². The molecule has 1 fully saturated rings. The van der Waals surface area contributed by atoms with Gasteiger partial charge in [0.2, 0.25) is 0 Å². The van der Waals surface area contributed by atoms with Crippen molar-refractivity contribution in [3.05, 3.63) is 30.3 Å². The van der Waals surface area contributed by atoms with Crippen molar-refractivity contribution in [3.63, 3.8) is 0 Å². The first-order chi connectivity index (χ1) is 9.18. The van der Waals surface area contributed by atoms with E-state index in [2.05, 4.69) is 33.8 Å². The lowest BCUT2D eigenvalue weighted by Crippen LogP contribution is -2.28. The number of thioether (sulfide) groups is 1. The number of hydrogen-bond acceptors (Lipinski definition) is 3. The Hall–Kier alpha value is -1.29. The largest absolute Gasteiger partial charge is 0.305 e. The highest BCUT2D eigenvalue weighted by atomic mass is 32.2. The molecule has 2 aromatic rings. The third-order valence-corrected chi connectivity index (χ3v) is 5.43. The van der Waals surface area contributed by atoms with Gasteiger partial charge in [0, 0.05) is 18.4 Å². The monoisotopic (exact) mass is 273 g/mol. The van der Waals surface area contributed by atoms with Crippen LogP contribution in [0.1, 0.15) is 26.2 Å². The summed E-state index contributed by atoms with van der Waals surface area (Å²) in [5, 5.41) is 9.67. The summed E-state index contributed by atoms with van der Waals surface area (Å²) in [4.78, 5) is 0. The van der Waals surface area contributed by atoms with Gasteiger partial charge < -0.3 is 4.57 Å². The fourth-order valence-electron chi connectivity index (χ4n) is 2.44. The Morgan fingerprint density at radius 2 is 1.95 bits per heavy atom. The van der Waals surface area contributed by atoms with Crippen LogP contribution in [0.25, 0.3) is 11.4 Å². The molecule has 0 radical (unpaired) electrons. The van der Waals surface area contributed by atoms with E-state index in [1.165, 1.54) is 19.3 Å². The molecule has 1 aromatic carbocycles. The molecule has 1 aliphatic rings. The van der Waals surface area contributed by atoms with Crippen LogP contribution in [0.2, 0.25) is 0 Å². The maximum absolute atomic E-state index is 4.33. The number of aromatic nitrogens is 3. The minimum atomic E-state index is 0.517. The molecule has 0 atom stereocenters. The topological polar surface area (TPSA) is 30.7 Å². The van der Waals surface area contributed by atoms with Crippen LogP contribution in [0.4, 0.5) is 0 Å². The smallest absolute Gasteiger partial charge is 0.191 e. The number of rotatable bonds is 4. The Morgan fingerprint density at radius 3 is 2.58 bits per heavy atom. The highest BCUT2D eigenvalue weighted by molar-refractivity contribution is 7.99. The third-order valence-electron chi connectivity index (χ3n) is 3.98. The summed E-state index contributed by atoms with van der Waals surface area (Å²) in [5.41, 5.74) is 1.64. The summed E-state index contributed by atoms with van der Waals surface area (Å²) >= 11 is 1.83. The van der Waals surface area contributed by atoms with Gasteiger partial charge in [0.05, 0.1) is 0 Å². The van der Waals surface area contributed by atoms with Gasteiger partial charge in [-0.25, -0.2) is 0 Å². The van der Waals surface area contributed by atoms with Crippen LogP contribution in [-0.2, 0) is 7.05 Å². The molecule has 0 unspecified atom stereocenters. The number of nitrogens with zero attached hydrogens (tertiary/aromatic N) is 3. The molecule has 19 heavy (non-hydrogen) atoms. The van der Waals surface area contributed by atoms with Crippen LogP contribution >= 0.6 is 11.8 Å². The fourth-order valence-corrected chi connectivity index (χ4v) is 3.59. The first kappa shape index (κ1) is 12.7.